The van der Waals surface area contributed by atoms with E-state index in [-0.39, 0.29) is 6.61 Å². The molecule has 100 valence electrons. The van der Waals surface area contributed by atoms with Gasteiger partial charge in [0.25, 0.3) is 0 Å². The molecule has 1 unspecified atom stereocenters. The first-order chi connectivity index (χ1) is 8.74. The van der Waals surface area contributed by atoms with Crippen molar-refractivity contribution >= 4 is 17.3 Å². The van der Waals surface area contributed by atoms with Crippen molar-refractivity contribution < 1.29 is 5.11 Å². The van der Waals surface area contributed by atoms with E-state index in [1.54, 1.807) is 0 Å². The molecule has 1 saturated heterocycles. The quantitative estimate of drug-likeness (QED) is 0.882. The largest absolute Gasteiger partial charge is 0.396 e. The van der Waals surface area contributed by atoms with E-state index in [1.807, 2.05) is 12.1 Å². The number of rotatable bonds is 4. The van der Waals surface area contributed by atoms with Gasteiger partial charge in [-0.05, 0) is 42.9 Å². The Morgan fingerprint density at radius 3 is 2.94 bits per heavy atom. The first-order valence-electron chi connectivity index (χ1n) is 6.59. The Bertz CT molecular complexity index is 395. The van der Waals surface area contributed by atoms with Crippen LogP contribution in [0.1, 0.15) is 24.8 Å². The third-order valence-corrected chi connectivity index (χ3v) is 4.03. The average molecular weight is 269 g/mol. The second-order valence-electron chi connectivity index (χ2n) is 4.95. The van der Waals surface area contributed by atoms with Crippen LogP contribution in [0.2, 0.25) is 5.02 Å². The van der Waals surface area contributed by atoms with Crippen molar-refractivity contribution in [3.63, 3.8) is 0 Å². The normalized spacial score (nSPS) is 20.2. The molecule has 0 bridgehead atoms. The molecule has 1 fully saturated rings. The number of hydrogen-bond acceptors (Lipinski definition) is 3. The zero-order valence-corrected chi connectivity index (χ0v) is 11.4. The fourth-order valence-electron chi connectivity index (χ4n) is 2.62. The molecule has 0 amide bonds. The number of hydrogen-bond donors (Lipinski definition) is 2. The van der Waals surface area contributed by atoms with Crippen molar-refractivity contribution in [1.29, 1.82) is 0 Å². The highest BCUT2D eigenvalue weighted by atomic mass is 35.5. The van der Waals surface area contributed by atoms with Crippen molar-refractivity contribution in [3.8, 4) is 0 Å². The third-order valence-electron chi connectivity index (χ3n) is 3.68. The molecule has 1 heterocycles. The SMILES string of the molecule is NCc1ccc(N2CCCC(CCO)C2)cc1Cl. The van der Waals surface area contributed by atoms with Gasteiger partial charge in [0, 0.05) is 37.0 Å². The molecule has 1 aliphatic heterocycles. The number of aliphatic hydroxyl groups is 1. The minimum atomic E-state index is 0.283. The smallest absolute Gasteiger partial charge is 0.0471 e. The fraction of sp³-hybridized carbons (Fsp3) is 0.571. The van der Waals surface area contributed by atoms with Crippen LogP contribution in [0.3, 0.4) is 0 Å². The van der Waals surface area contributed by atoms with Gasteiger partial charge in [-0.15, -0.1) is 0 Å². The summed E-state index contributed by atoms with van der Waals surface area (Å²) in [6.07, 6.45) is 3.29. The van der Waals surface area contributed by atoms with Gasteiger partial charge >= 0.3 is 0 Å². The van der Waals surface area contributed by atoms with E-state index in [1.165, 1.54) is 18.5 Å². The average Bonchev–Trinajstić information content (AvgIpc) is 2.39. The van der Waals surface area contributed by atoms with Crippen LogP contribution >= 0.6 is 11.6 Å². The molecule has 1 aromatic carbocycles. The summed E-state index contributed by atoms with van der Waals surface area (Å²) in [7, 11) is 0. The molecular weight excluding hydrogens is 248 g/mol. The Kier molecular flexibility index (Phi) is 4.87. The predicted molar refractivity (Wildman–Crippen MR) is 76.0 cm³/mol. The first kappa shape index (κ1) is 13.7. The molecule has 2 rings (SSSR count). The van der Waals surface area contributed by atoms with Gasteiger partial charge in [-0.3, -0.25) is 0 Å². The summed E-state index contributed by atoms with van der Waals surface area (Å²) in [5, 5.41) is 9.78. The molecule has 1 atom stereocenters. The Morgan fingerprint density at radius 1 is 1.44 bits per heavy atom. The van der Waals surface area contributed by atoms with Gasteiger partial charge in [-0.2, -0.15) is 0 Å². The Hall–Kier alpha value is -0.770. The van der Waals surface area contributed by atoms with E-state index in [0.717, 1.165) is 30.1 Å². The highest BCUT2D eigenvalue weighted by molar-refractivity contribution is 6.31. The molecular formula is C14H21ClN2O. The van der Waals surface area contributed by atoms with Gasteiger partial charge in [0.05, 0.1) is 0 Å². The first-order valence-corrected chi connectivity index (χ1v) is 6.96. The van der Waals surface area contributed by atoms with Crippen LogP contribution in [0, 0.1) is 5.92 Å². The summed E-state index contributed by atoms with van der Waals surface area (Å²) in [5.74, 6) is 0.594. The molecule has 1 aliphatic rings. The van der Waals surface area contributed by atoms with E-state index in [2.05, 4.69) is 11.0 Å². The van der Waals surface area contributed by atoms with Gasteiger partial charge in [0.2, 0.25) is 0 Å². The van der Waals surface area contributed by atoms with Gasteiger partial charge in [0.15, 0.2) is 0 Å². The van der Waals surface area contributed by atoms with Crippen LogP contribution in [0.4, 0.5) is 5.69 Å². The number of piperidine rings is 1. The van der Waals surface area contributed by atoms with Gasteiger partial charge in [0.1, 0.15) is 0 Å². The van der Waals surface area contributed by atoms with Crippen LogP contribution in [0.25, 0.3) is 0 Å². The van der Waals surface area contributed by atoms with Gasteiger partial charge in [-0.25, -0.2) is 0 Å². The second kappa shape index (κ2) is 6.41. The minimum Gasteiger partial charge on any atom is -0.396 e. The van der Waals surface area contributed by atoms with Crippen molar-refractivity contribution in [3.05, 3.63) is 28.8 Å². The van der Waals surface area contributed by atoms with Gasteiger partial charge < -0.3 is 15.7 Å². The lowest BCUT2D eigenvalue weighted by Gasteiger charge is -2.34. The Balaban J connectivity index is 2.08. The molecule has 0 aromatic heterocycles. The van der Waals surface area contributed by atoms with Crippen molar-refractivity contribution in [2.45, 2.75) is 25.8 Å². The molecule has 3 N–H and O–H groups in total. The van der Waals surface area contributed by atoms with Crippen molar-refractivity contribution in [2.75, 3.05) is 24.6 Å². The number of benzene rings is 1. The minimum absolute atomic E-state index is 0.283. The molecule has 4 heteroatoms. The lowest BCUT2D eigenvalue weighted by Crippen LogP contribution is -2.35. The summed E-state index contributed by atoms with van der Waals surface area (Å²) in [4.78, 5) is 2.36. The monoisotopic (exact) mass is 268 g/mol. The molecule has 1 aromatic rings. The zero-order valence-electron chi connectivity index (χ0n) is 10.6. The predicted octanol–water partition coefficient (Wildman–Crippen LogP) is 2.40. The van der Waals surface area contributed by atoms with Crippen LogP contribution in [0.5, 0.6) is 0 Å². The van der Waals surface area contributed by atoms with E-state index in [9.17, 15) is 0 Å². The van der Waals surface area contributed by atoms with E-state index >= 15 is 0 Å². The summed E-state index contributed by atoms with van der Waals surface area (Å²) in [6.45, 7) is 2.84. The molecule has 0 spiro atoms. The lowest BCUT2D eigenvalue weighted by atomic mass is 9.94. The maximum Gasteiger partial charge on any atom is 0.0471 e. The van der Waals surface area contributed by atoms with Crippen LogP contribution < -0.4 is 10.6 Å². The molecule has 0 radical (unpaired) electrons. The van der Waals surface area contributed by atoms with Crippen molar-refractivity contribution in [1.82, 2.24) is 0 Å². The topological polar surface area (TPSA) is 49.5 Å². The third kappa shape index (κ3) is 3.16. The molecule has 3 nitrogen and oxygen atoms in total. The number of aliphatic hydroxyl groups excluding tert-OH is 1. The van der Waals surface area contributed by atoms with E-state index < -0.39 is 0 Å². The van der Waals surface area contributed by atoms with Gasteiger partial charge in [-0.1, -0.05) is 17.7 Å². The van der Waals surface area contributed by atoms with Crippen LogP contribution in [0.15, 0.2) is 18.2 Å². The lowest BCUT2D eigenvalue weighted by molar-refractivity contribution is 0.244. The molecule has 0 aliphatic carbocycles. The van der Waals surface area contributed by atoms with Crippen LogP contribution in [-0.2, 0) is 6.54 Å². The number of anilines is 1. The van der Waals surface area contributed by atoms with E-state index in [4.69, 9.17) is 22.4 Å². The molecule has 18 heavy (non-hydrogen) atoms. The number of halogens is 1. The Morgan fingerprint density at radius 2 is 2.28 bits per heavy atom. The highest BCUT2D eigenvalue weighted by Crippen LogP contribution is 2.28. The van der Waals surface area contributed by atoms with Crippen molar-refractivity contribution in [2.24, 2.45) is 11.7 Å². The highest BCUT2D eigenvalue weighted by Gasteiger charge is 2.20. The summed E-state index contributed by atoms with van der Waals surface area (Å²) < 4.78 is 0. The summed E-state index contributed by atoms with van der Waals surface area (Å²) >= 11 is 6.20. The van der Waals surface area contributed by atoms with Crippen LogP contribution in [-0.4, -0.2) is 24.8 Å². The summed E-state index contributed by atoms with van der Waals surface area (Å²) in [6, 6.07) is 6.10. The second-order valence-corrected chi connectivity index (χ2v) is 5.35. The Labute approximate surface area is 114 Å². The maximum atomic E-state index is 9.03. The number of nitrogens with two attached hydrogens (primary N) is 1. The summed E-state index contributed by atoms with van der Waals surface area (Å²) in [5.41, 5.74) is 7.77. The number of nitrogens with zero attached hydrogens (tertiary/aromatic N) is 1. The molecule has 0 saturated carbocycles. The van der Waals surface area contributed by atoms with E-state index in [0.29, 0.717) is 12.5 Å². The standard InChI is InChI=1S/C14H21ClN2O/c15-14-8-13(4-3-12(14)9-16)17-6-1-2-11(10-17)5-7-18/h3-4,8,11,18H,1-2,5-7,9-10,16H2. The fourth-order valence-corrected chi connectivity index (χ4v) is 2.87. The zero-order chi connectivity index (χ0) is 13.0. The maximum absolute atomic E-state index is 9.03.